The van der Waals surface area contributed by atoms with Crippen molar-refractivity contribution >= 4 is 5.97 Å². The molecule has 1 rings (SSSR count). The number of carboxylic acid groups (broad SMARTS) is 1. The van der Waals surface area contributed by atoms with Crippen LogP contribution in [0.4, 0.5) is 0 Å². The summed E-state index contributed by atoms with van der Waals surface area (Å²) in [4.78, 5) is 11.1. The SMILES string of the molecule is CCCNC(C(=O)O)c1cnn(C(C)C)c1. The first-order valence-electron chi connectivity index (χ1n) is 5.56. The van der Waals surface area contributed by atoms with Gasteiger partial charge in [-0.05, 0) is 26.8 Å². The van der Waals surface area contributed by atoms with Gasteiger partial charge in [-0.1, -0.05) is 6.92 Å². The third kappa shape index (κ3) is 3.06. The van der Waals surface area contributed by atoms with Crippen LogP contribution in [-0.4, -0.2) is 27.4 Å². The molecule has 1 aromatic heterocycles. The highest BCUT2D eigenvalue weighted by Crippen LogP contribution is 2.14. The van der Waals surface area contributed by atoms with Gasteiger partial charge in [-0.3, -0.25) is 9.48 Å². The van der Waals surface area contributed by atoms with Gasteiger partial charge in [0, 0.05) is 17.8 Å². The number of nitrogens with one attached hydrogen (secondary N) is 1. The van der Waals surface area contributed by atoms with Crippen molar-refractivity contribution in [1.82, 2.24) is 15.1 Å². The molecule has 5 heteroatoms. The highest BCUT2D eigenvalue weighted by Gasteiger charge is 2.20. The number of aromatic nitrogens is 2. The lowest BCUT2D eigenvalue weighted by molar-refractivity contribution is -0.139. The minimum absolute atomic E-state index is 0.245. The fourth-order valence-corrected chi connectivity index (χ4v) is 1.42. The van der Waals surface area contributed by atoms with E-state index in [0.29, 0.717) is 12.1 Å². The summed E-state index contributed by atoms with van der Waals surface area (Å²) in [6.45, 7) is 6.70. The lowest BCUT2D eigenvalue weighted by atomic mass is 10.1. The Bertz CT molecular complexity index is 347. The fraction of sp³-hybridized carbons (Fsp3) is 0.636. The Balaban J connectivity index is 2.80. The van der Waals surface area contributed by atoms with Gasteiger partial charge in [0.25, 0.3) is 0 Å². The van der Waals surface area contributed by atoms with Gasteiger partial charge in [-0.25, -0.2) is 0 Å². The van der Waals surface area contributed by atoms with Gasteiger partial charge in [-0.2, -0.15) is 5.10 Å². The molecule has 5 nitrogen and oxygen atoms in total. The summed E-state index contributed by atoms with van der Waals surface area (Å²) in [5, 5.41) is 16.2. The Hall–Kier alpha value is -1.36. The smallest absolute Gasteiger partial charge is 0.325 e. The van der Waals surface area contributed by atoms with Crippen molar-refractivity contribution in [3.8, 4) is 0 Å². The van der Waals surface area contributed by atoms with Crippen LogP contribution >= 0.6 is 0 Å². The molecular weight excluding hydrogens is 206 g/mol. The van der Waals surface area contributed by atoms with Gasteiger partial charge in [0.2, 0.25) is 0 Å². The molecule has 16 heavy (non-hydrogen) atoms. The maximum absolute atomic E-state index is 11.1. The third-order valence-corrected chi connectivity index (χ3v) is 2.33. The second-order valence-electron chi connectivity index (χ2n) is 4.07. The summed E-state index contributed by atoms with van der Waals surface area (Å²) in [7, 11) is 0. The number of carboxylic acids is 1. The van der Waals surface area contributed by atoms with Crippen molar-refractivity contribution in [2.24, 2.45) is 0 Å². The molecule has 0 aliphatic rings. The van der Waals surface area contributed by atoms with E-state index in [-0.39, 0.29) is 6.04 Å². The van der Waals surface area contributed by atoms with Crippen LogP contribution in [0.1, 0.15) is 44.8 Å². The van der Waals surface area contributed by atoms with E-state index in [1.807, 2.05) is 20.8 Å². The van der Waals surface area contributed by atoms with Crippen LogP contribution in [-0.2, 0) is 4.79 Å². The van der Waals surface area contributed by atoms with Crippen molar-refractivity contribution < 1.29 is 9.90 Å². The molecule has 0 aromatic carbocycles. The minimum atomic E-state index is -0.864. The highest BCUT2D eigenvalue weighted by molar-refractivity contribution is 5.75. The van der Waals surface area contributed by atoms with E-state index in [0.717, 1.165) is 6.42 Å². The van der Waals surface area contributed by atoms with Gasteiger partial charge in [0.05, 0.1) is 6.20 Å². The minimum Gasteiger partial charge on any atom is -0.480 e. The summed E-state index contributed by atoms with van der Waals surface area (Å²) in [5.74, 6) is -0.864. The van der Waals surface area contributed by atoms with Crippen LogP contribution in [0.25, 0.3) is 0 Å². The van der Waals surface area contributed by atoms with Crippen molar-refractivity contribution in [1.29, 1.82) is 0 Å². The Labute approximate surface area is 95.5 Å². The van der Waals surface area contributed by atoms with E-state index in [9.17, 15) is 4.79 Å². The number of carbonyl (C=O) groups is 1. The molecule has 0 spiro atoms. The average Bonchev–Trinajstić information content (AvgIpc) is 2.67. The maximum Gasteiger partial charge on any atom is 0.325 e. The molecule has 0 aliphatic carbocycles. The predicted molar refractivity (Wildman–Crippen MR) is 61.3 cm³/mol. The second-order valence-corrected chi connectivity index (χ2v) is 4.07. The summed E-state index contributed by atoms with van der Waals surface area (Å²) in [6.07, 6.45) is 4.30. The monoisotopic (exact) mass is 225 g/mol. The average molecular weight is 225 g/mol. The first kappa shape index (κ1) is 12.7. The van der Waals surface area contributed by atoms with Crippen LogP contribution < -0.4 is 5.32 Å². The van der Waals surface area contributed by atoms with E-state index in [1.165, 1.54) is 0 Å². The summed E-state index contributed by atoms with van der Waals surface area (Å²) in [6, 6.07) is -0.415. The van der Waals surface area contributed by atoms with Crippen LogP contribution in [0.15, 0.2) is 12.4 Å². The lowest BCUT2D eigenvalue weighted by Gasteiger charge is -2.11. The van der Waals surface area contributed by atoms with Crippen LogP contribution in [0.5, 0.6) is 0 Å². The molecule has 0 saturated heterocycles. The normalized spacial score (nSPS) is 13.0. The number of rotatable bonds is 6. The molecular formula is C11H19N3O2. The quantitative estimate of drug-likeness (QED) is 0.771. The van der Waals surface area contributed by atoms with Crippen molar-refractivity contribution in [3.63, 3.8) is 0 Å². The molecule has 0 radical (unpaired) electrons. The topological polar surface area (TPSA) is 67.2 Å². The predicted octanol–water partition coefficient (Wildman–Crippen LogP) is 1.59. The lowest BCUT2D eigenvalue weighted by Crippen LogP contribution is -2.28. The zero-order valence-electron chi connectivity index (χ0n) is 9.97. The second kappa shape index (κ2) is 5.65. The first-order valence-corrected chi connectivity index (χ1v) is 5.56. The van der Waals surface area contributed by atoms with Crippen LogP contribution in [0.2, 0.25) is 0 Å². The molecule has 1 unspecified atom stereocenters. The number of hydrogen-bond donors (Lipinski definition) is 2. The standard InChI is InChI=1S/C11H19N3O2/c1-4-5-12-10(11(15)16)9-6-13-14(7-9)8(2)3/h6-8,10,12H,4-5H2,1-3H3,(H,15,16). The van der Waals surface area contributed by atoms with Crippen molar-refractivity contribution in [2.75, 3.05) is 6.54 Å². The summed E-state index contributed by atoms with van der Waals surface area (Å²) >= 11 is 0. The summed E-state index contributed by atoms with van der Waals surface area (Å²) < 4.78 is 1.76. The Morgan fingerprint density at radius 2 is 2.31 bits per heavy atom. The van der Waals surface area contributed by atoms with Gasteiger partial charge in [0.15, 0.2) is 0 Å². The van der Waals surface area contributed by atoms with E-state index in [1.54, 1.807) is 17.1 Å². The van der Waals surface area contributed by atoms with E-state index >= 15 is 0 Å². The molecule has 2 N–H and O–H groups in total. The molecule has 0 bridgehead atoms. The molecule has 0 fully saturated rings. The van der Waals surface area contributed by atoms with Crippen LogP contribution in [0, 0.1) is 0 Å². The molecule has 0 aliphatic heterocycles. The molecule has 0 saturated carbocycles. The van der Waals surface area contributed by atoms with Crippen molar-refractivity contribution in [3.05, 3.63) is 18.0 Å². The van der Waals surface area contributed by atoms with Gasteiger partial charge >= 0.3 is 5.97 Å². The number of aliphatic carboxylic acids is 1. The highest BCUT2D eigenvalue weighted by atomic mass is 16.4. The van der Waals surface area contributed by atoms with E-state index < -0.39 is 12.0 Å². The molecule has 1 aromatic rings. The molecule has 1 heterocycles. The largest absolute Gasteiger partial charge is 0.480 e. The number of nitrogens with zero attached hydrogens (tertiary/aromatic N) is 2. The maximum atomic E-state index is 11.1. The molecule has 1 atom stereocenters. The van der Waals surface area contributed by atoms with E-state index in [2.05, 4.69) is 10.4 Å². The Morgan fingerprint density at radius 1 is 1.62 bits per heavy atom. The first-order chi connectivity index (χ1) is 7.56. The Kier molecular flexibility index (Phi) is 4.49. The number of hydrogen-bond acceptors (Lipinski definition) is 3. The van der Waals surface area contributed by atoms with Gasteiger partial charge < -0.3 is 10.4 Å². The summed E-state index contributed by atoms with van der Waals surface area (Å²) in [5.41, 5.74) is 0.703. The van der Waals surface area contributed by atoms with Crippen LogP contribution in [0.3, 0.4) is 0 Å². The zero-order valence-corrected chi connectivity index (χ0v) is 9.97. The third-order valence-electron chi connectivity index (χ3n) is 2.33. The van der Waals surface area contributed by atoms with Gasteiger partial charge in [0.1, 0.15) is 6.04 Å². The van der Waals surface area contributed by atoms with E-state index in [4.69, 9.17) is 5.11 Å². The fourth-order valence-electron chi connectivity index (χ4n) is 1.42. The molecule has 0 amide bonds. The zero-order chi connectivity index (χ0) is 12.1. The molecule has 90 valence electrons. The van der Waals surface area contributed by atoms with Crippen molar-refractivity contribution in [2.45, 2.75) is 39.3 Å². The Morgan fingerprint density at radius 3 is 2.75 bits per heavy atom. The van der Waals surface area contributed by atoms with Gasteiger partial charge in [-0.15, -0.1) is 0 Å².